The number of ether oxygens (including phenoxy) is 1. The van der Waals surface area contributed by atoms with Crippen LogP contribution in [-0.4, -0.2) is 64.6 Å². The number of para-hydroxylation sites is 1. The number of halogens is 2. The van der Waals surface area contributed by atoms with Gasteiger partial charge < -0.3 is 24.8 Å². The molecule has 0 saturated carbocycles. The van der Waals surface area contributed by atoms with Gasteiger partial charge in [-0.25, -0.2) is 14.4 Å². The summed E-state index contributed by atoms with van der Waals surface area (Å²) >= 11 is 7.88. The number of fused-ring (bicyclic) bond motifs is 4. The van der Waals surface area contributed by atoms with Crippen molar-refractivity contribution in [3.05, 3.63) is 106 Å². The van der Waals surface area contributed by atoms with Gasteiger partial charge in [0, 0.05) is 61.8 Å². The highest BCUT2D eigenvalue weighted by molar-refractivity contribution is 7.19. The number of aryl methyl sites for hydroxylation is 1. The lowest BCUT2D eigenvalue weighted by Gasteiger charge is -2.53. The molecule has 0 radical (unpaired) electrons. The summed E-state index contributed by atoms with van der Waals surface area (Å²) in [4.78, 5) is 50.3. The molecule has 0 atom stereocenters. The van der Waals surface area contributed by atoms with Gasteiger partial charge in [-0.05, 0) is 85.8 Å². The van der Waals surface area contributed by atoms with E-state index in [2.05, 4.69) is 25.2 Å². The number of nitrogens with one attached hydrogen (secondary N) is 2. The van der Waals surface area contributed by atoms with E-state index in [1.165, 1.54) is 23.6 Å². The van der Waals surface area contributed by atoms with Gasteiger partial charge >= 0.3 is 0 Å². The summed E-state index contributed by atoms with van der Waals surface area (Å²) in [5, 5.41) is 3.58. The van der Waals surface area contributed by atoms with Crippen molar-refractivity contribution in [3.63, 3.8) is 0 Å². The zero-order chi connectivity index (χ0) is 35.6. The molecule has 0 aliphatic carbocycles. The fourth-order valence-electron chi connectivity index (χ4n) is 7.48. The number of aromatic amines is 1. The van der Waals surface area contributed by atoms with Crippen LogP contribution in [0.3, 0.4) is 0 Å². The molecule has 2 amide bonds. The van der Waals surface area contributed by atoms with Crippen LogP contribution in [0.1, 0.15) is 44.7 Å². The number of amides is 2. The maximum atomic E-state index is 14.7. The van der Waals surface area contributed by atoms with Gasteiger partial charge in [0.15, 0.2) is 0 Å². The minimum absolute atomic E-state index is 0.232. The number of anilines is 3. The molecule has 9 rings (SSSR count). The molecule has 13 heteroatoms. The van der Waals surface area contributed by atoms with Gasteiger partial charge in [0.05, 0.1) is 43.3 Å². The van der Waals surface area contributed by atoms with Crippen molar-refractivity contribution in [3.8, 4) is 21.3 Å². The SMILES string of the molecule is Cc1cnc(N2CC3(CCOCC3)C2)c(C(=O)Nc2ccc(C(=O)N3CCc4cc(-c5nc6cccc(Cl)c6[nH]5)sc4-c4ncc(F)cc43)cc2)c1. The fourth-order valence-corrected chi connectivity index (χ4v) is 8.86. The highest BCUT2D eigenvalue weighted by Crippen LogP contribution is 2.45. The summed E-state index contributed by atoms with van der Waals surface area (Å²) in [5.41, 5.74) is 6.03. The molecule has 10 nitrogen and oxygen atoms in total. The number of H-pyrrole nitrogens is 1. The standard InChI is InChI=1S/C39H33ClFN7O3S/c1-22-15-27(36(43-18-22)47-20-39(21-47)10-13-51-14-11-39)37(49)44-26-7-5-23(6-8-26)38(50)48-12-9-24-16-31(35-45-29-4-2-3-28(40)32(29)46-35)52-34(24)33-30(48)17-25(41)19-42-33/h2-8,15-19H,9-14,20-21H2,1H3,(H,44,49)(H,45,46). The molecule has 262 valence electrons. The van der Waals surface area contributed by atoms with E-state index >= 15 is 0 Å². The number of rotatable bonds is 5. The van der Waals surface area contributed by atoms with Crippen LogP contribution in [0.25, 0.3) is 32.3 Å². The third-order valence-corrected chi connectivity index (χ3v) is 11.7. The van der Waals surface area contributed by atoms with Crippen molar-refractivity contribution >= 4 is 63.0 Å². The molecule has 2 N–H and O–H groups in total. The Labute approximate surface area is 307 Å². The van der Waals surface area contributed by atoms with E-state index in [1.807, 2.05) is 37.3 Å². The minimum atomic E-state index is -0.534. The summed E-state index contributed by atoms with van der Waals surface area (Å²) < 4.78 is 20.3. The molecule has 3 aliphatic heterocycles. The third kappa shape index (κ3) is 5.80. The molecule has 1 spiro atoms. The Bertz CT molecular complexity index is 2380. The van der Waals surface area contributed by atoms with Crippen LogP contribution in [0.4, 0.5) is 21.6 Å². The molecule has 2 aromatic carbocycles. The van der Waals surface area contributed by atoms with Gasteiger partial charge in [0.1, 0.15) is 23.2 Å². The summed E-state index contributed by atoms with van der Waals surface area (Å²) in [6.07, 6.45) is 5.54. The summed E-state index contributed by atoms with van der Waals surface area (Å²) in [6.45, 7) is 5.49. The molecule has 7 heterocycles. The molecule has 0 unspecified atom stereocenters. The number of hydrogen-bond donors (Lipinski definition) is 2. The number of aromatic nitrogens is 4. The van der Waals surface area contributed by atoms with Gasteiger partial charge in [0.2, 0.25) is 0 Å². The number of carbonyl (C=O) groups excluding carboxylic acids is 2. The molecule has 2 saturated heterocycles. The fraction of sp³-hybridized carbons (Fsp3) is 0.256. The molecular weight excluding hydrogens is 701 g/mol. The predicted molar refractivity (Wildman–Crippen MR) is 201 cm³/mol. The van der Waals surface area contributed by atoms with E-state index in [0.29, 0.717) is 57.8 Å². The third-order valence-electron chi connectivity index (χ3n) is 10.2. The van der Waals surface area contributed by atoms with Crippen molar-refractivity contribution < 1.29 is 18.7 Å². The Balaban J connectivity index is 0.942. The lowest BCUT2D eigenvalue weighted by atomic mass is 9.73. The summed E-state index contributed by atoms with van der Waals surface area (Å²) in [6, 6.07) is 17.6. The van der Waals surface area contributed by atoms with Crippen molar-refractivity contribution in [2.45, 2.75) is 26.2 Å². The number of carbonyl (C=O) groups is 2. The highest BCUT2D eigenvalue weighted by Gasteiger charge is 2.45. The van der Waals surface area contributed by atoms with Crippen LogP contribution in [0.5, 0.6) is 0 Å². The average molecular weight is 734 g/mol. The van der Waals surface area contributed by atoms with Gasteiger partial charge in [-0.15, -0.1) is 11.3 Å². The first kappa shape index (κ1) is 32.7. The predicted octanol–water partition coefficient (Wildman–Crippen LogP) is 7.92. The van der Waals surface area contributed by atoms with E-state index in [-0.39, 0.29) is 17.2 Å². The quantitative estimate of drug-likeness (QED) is 0.185. The first-order valence-corrected chi connectivity index (χ1v) is 18.4. The van der Waals surface area contributed by atoms with Gasteiger partial charge in [-0.3, -0.25) is 14.6 Å². The van der Waals surface area contributed by atoms with Crippen LogP contribution >= 0.6 is 22.9 Å². The summed E-state index contributed by atoms with van der Waals surface area (Å²) in [5.74, 6) is 0.267. The Morgan fingerprint density at radius 2 is 1.85 bits per heavy atom. The van der Waals surface area contributed by atoms with Crippen molar-refractivity contribution in [1.82, 2.24) is 19.9 Å². The second kappa shape index (κ2) is 12.8. The molecule has 4 aromatic heterocycles. The van der Waals surface area contributed by atoms with Crippen LogP contribution in [-0.2, 0) is 11.2 Å². The first-order chi connectivity index (χ1) is 25.2. The number of nitrogens with zero attached hydrogens (tertiary/aromatic N) is 5. The van der Waals surface area contributed by atoms with E-state index in [4.69, 9.17) is 21.3 Å². The van der Waals surface area contributed by atoms with E-state index < -0.39 is 5.82 Å². The van der Waals surface area contributed by atoms with Crippen molar-refractivity contribution in [2.24, 2.45) is 5.41 Å². The lowest BCUT2D eigenvalue weighted by Crippen LogP contribution is -2.59. The van der Waals surface area contributed by atoms with Gasteiger partial charge in [0.25, 0.3) is 11.8 Å². The molecule has 6 aromatic rings. The Morgan fingerprint density at radius 1 is 1.04 bits per heavy atom. The molecule has 0 bridgehead atoms. The van der Waals surface area contributed by atoms with Crippen molar-refractivity contribution in [2.75, 3.05) is 48.0 Å². The first-order valence-electron chi connectivity index (χ1n) is 17.2. The smallest absolute Gasteiger partial charge is 0.259 e. The number of benzene rings is 2. The molecule has 52 heavy (non-hydrogen) atoms. The minimum Gasteiger partial charge on any atom is -0.381 e. The van der Waals surface area contributed by atoms with Crippen LogP contribution in [0.2, 0.25) is 5.02 Å². The maximum Gasteiger partial charge on any atom is 0.259 e. The summed E-state index contributed by atoms with van der Waals surface area (Å²) in [7, 11) is 0. The zero-order valence-corrected chi connectivity index (χ0v) is 29.8. The van der Waals surface area contributed by atoms with Gasteiger partial charge in [-0.1, -0.05) is 17.7 Å². The Hall–Kier alpha value is -5.17. The van der Waals surface area contributed by atoms with Crippen LogP contribution in [0.15, 0.2) is 73.1 Å². The highest BCUT2D eigenvalue weighted by atomic mass is 35.5. The number of thiophene rings is 1. The number of hydrogen-bond acceptors (Lipinski definition) is 8. The Kier molecular flexibility index (Phi) is 8.05. The molecule has 2 fully saturated rings. The normalized spacial score (nSPS) is 16.3. The molecule has 3 aliphatic rings. The number of imidazole rings is 1. The maximum absolute atomic E-state index is 14.7. The zero-order valence-electron chi connectivity index (χ0n) is 28.2. The van der Waals surface area contributed by atoms with E-state index in [0.717, 1.165) is 71.1 Å². The monoisotopic (exact) mass is 733 g/mol. The van der Waals surface area contributed by atoms with Gasteiger partial charge in [-0.2, -0.15) is 0 Å². The number of pyridine rings is 2. The second-order valence-corrected chi connectivity index (χ2v) is 15.3. The van der Waals surface area contributed by atoms with E-state index in [1.54, 1.807) is 35.4 Å². The van der Waals surface area contributed by atoms with Crippen LogP contribution < -0.4 is 15.1 Å². The second-order valence-electron chi connectivity index (χ2n) is 13.8. The van der Waals surface area contributed by atoms with Crippen LogP contribution in [0, 0.1) is 18.2 Å². The Morgan fingerprint density at radius 3 is 2.63 bits per heavy atom. The topological polar surface area (TPSA) is 116 Å². The lowest BCUT2D eigenvalue weighted by molar-refractivity contribution is -0.000510. The average Bonchev–Trinajstić information content (AvgIpc) is 3.74. The van der Waals surface area contributed by atoms with E-state index in [9.17, 15) is 14.0 Å². The molecular formula is C39H33ClFN7O3S. The largest absolute Gasteiger partial charge is 0.381 e. The van der Waals surface area contributed by atoms with Crippen molar-refractivity contribution in [1.29, 1.82) is 0 Å².